The van der Waals surface area contributed by atoms with Crippen molar-refractivity contribution in [1.82, 2.24) is 0 Å². The van der Waals surface area contributed by atoms with E-state index in [-0.39, 0.29) is 6.10 Å². The van der Waals surface area contributed by atoms with E-state index in [1.54, 1.807) is 0 Å². The molecule has 2 aromatic rings. The van der Waals surface area contributed by atoms with E-state index in [4.69, 9.17) is 0 Å². The topological polar surface area (TPSA) is 20.2 Å². The Labute approximate surface area is 103 Å². The van der Waals surface area contributed by atoms with Gasteiger partial charge in [0.1, 0.15) is 0 Å². The maximum atomic E-state index is 10.1. The van der Waals surface area contributed by atoms with Gasteiger partial charge in [-0.2, -0.15) is 0 Å². The molecular formula is C16H20O. The predicted molar refractivity (Wildman–Crippen MR) is 73.1 cm³/mol. The van der Waals surface area contributed by atoms with E-state index < -0.39 is 0 Å². The lowest BCUT2D eigenvalue weighted by molar-refractivity contribution is 0.115. The van der Waals surface area contributed by atoms with E-state index >= 15 is 0 Å². The van der Waals surface area contributed by atoms with Gasteiger partial charge < -0.3 is 5.11 Å². The monoisotopic (exact) mass is 228 g/mol. The fourth-order valence-corrected chi connectivity index (χ4v) is 2.17. The van der Waals surface area contributed by atoms with Crippen LogP contribution in [0.5, 0.6) is 0 Å². The van der Waals surface area contributed by atoms with Crippen molar-refractivity contribution in [1.29, 1.82) is 0 Å². The minimum absolute atomic E-state index is 0.245. The van der Waals surface area contributed by atoms with Gasteiger partial charge in [0.2, 0.25) is 0 Å². The summed E-state index contributed by atoms with van der Waals surface area (Å²) >= 11 is 0. The Morgan fingerprint density at radius 3 is 2.53 bits per heavy atom. The molecule has 1 N–H and O–H groups in total. The molecular weight excluding hydrogens is 208 g/mol. The molecule has 2 rings (SSSR count). The van der Waals surface area contributed by atoms with Crippen LogP contribution in [-0.4, -0.2) is 11.2 Å². The molecule has 0 heterocycles. The first-order chi connectivity index (χ1) is 8.22. The number of hydrogen-bond acceptors (Lipinski definition) is 1. The Morgan fingerprint density at radius 1 is 1.06 bits per heavy atom. The zero-order chi connectivity index (χ0) is 12.3. The molecule has 2 aromatic carbocycles. The highest BCUT2D eigenvalue weighted by molar-refractivity contribution is 5.85. The van der Waals surface area contributed by atoms with Crippen molar-refractivity contribution >= 4 is 10.8 Å². The molecule has 90 valence electrons. The molecule has 0 aliphatic carbocycles. The smallest absolute Gasteiger partial charge is 0.0606 e. The average Bonchev–Trinajstić information content (AvgIpc) is 2.38. The van der Waals surface area contributed by atoms with Crippen LogP contribution in [0.1, 0.15) is 25.8 Å². The summed E-state index contributed by atoms with van der Waals surface area (Å²) in [5.41, 5.74) is 1.25. The van der Waals surface area contributed by atoms with E-state index in [9.17, 15) is 5.11 Å². The molecule has 2 unspecified atom stereocenters. The first kappa shape index (κ1) is 12.1. The second kappa shape index (κ2) is 5.33. The van der Waals surface area contributed by atoms with Crippen molar-refractivity contribution in [2.24, 2.45) is 5.92 Å². The van der Waals surface area contributed by atoms with Gasteiger partial charge in [0.15, 0.2) is 0 Å². The molecule has 0 saturated heterocycles. The quantitative estimate of drug-likeness (QED) is 0.844. The summed E-state index contributed by atoms with van der Waals surface area (Å²) < 4.78 is 0. The van der Waals surface area contributed by atoms with Crippen LogP contribution in [-0.2, 0) is 6.42 Å². The molecule has 0 aromatic heterocycles. The highest BCUT2D eigenvalue weighted by Gasteiger charge is 2.13. The fraction of sp³-hybridized carbons (Fsp3) is 0.375. The number of aliphatic hydroxyl groups is 1. The van der Waals surface area contributed by atoms with Crippen LogP contribution in [0.4, 0.5) is 0 Å². The molecule has 0 amide bonds. The minimum Gasteiger partial charge on any atom is -0.393 e. The molecule has 17 heavy (non-hydrogen) atoms. The van der Waals surface area contributed by atoms with Gasteiger partial charge in [-0.3, -0.25) is 0 Å². The van der Waals surface area contributed by atoms with E-state index in [0.717, 1.165) is 12.8 Å². The normalized spacial score (nSPS) is 14.8. The summed E-state index contributed by atoms with van der Waals surface area (Å²) in [5.74, 6) is 0.356. The summed E-state index contributed by atoms with van der Waals surface area (Å²) in [6.07, 6.45) is 1.52. The number of aliphatic hydroxyl groups excluding tert-OH is 1. The third kappa shape index (κ3) is 2.67. The number of benzene rings is 2. The van der Waals surface area contributed by atoms with E-state index in [1.807, 2.05) is 0 Å². The molecule has 2 atom stereocenters. The maximum Gasteiger partial charge on any atom is 0.0606 e. The second-order valence-electron chi connectivity index (χ2n) is 4.80. The molecule has 1 nitrogen and oxygen atoms in total. The first-order valence-electron chi connectivity index (χ1n) is 6.37. The Hall–Kier alpha value is -1.34. The van der Waals surface area contributed by atoms with Crippen molar-refractivity contribution in [3.63, 3.8) is 0 Å². The molecule has 0 aliphatic rings. The van der Waals surface area contributed by atoms with E-state index in [2.05, 4.69) is 56.3 Å². The van der Waals surface area contributed by atoms with Crippen LogP contribution < -0.4 is 0 Å². The largest absolute Gasteiger partial charge is 0.393 e. The van der Waals surface area contributed by atoms with Gasteiger partial charge in [-0.15, -0.1) is 0 Å². The molecule has 0 radical (unpaired) electrons. The van der Waals surface area contributed by atoms with Crippen molar-refractivity contribution in [2.75, 3.05) is 0 Å². The molecule has 0 bridgehead atoms. The Kier molecular flexibility index (Phi) is 3.80. The Balaban J connectivity index is 2.30. The summed E-state index contributed by atoms with van der Waals surface area (Å²) in [7, 11) is 0. The highest BCUT2D eigenvalue weighted by Crippen LogP contribution is 2.22. The van der Waals surface area contributed by atoms with Crippen LogP contribution >= 0.6 is 0 Å². The van der Waals surface area contributed by atoms with Gasteiger partial charge in [0.25, 0.3) is 0 Å². The van der Waals surface area contributed by atoms with Crippen LogP contribution in [0.2, 0.25) is 0 Å². The van der Waals surface area contributed by atoms with Crippen molar-refractivity contribution in [3.8, 4) is 0 Å². The van der Waals surface area contributed by atoms with Gasteiger partial charge in [-0.25, -0.2) is 0 Å². The van der Waals surface area contributed by atoms with Crippen molar-refractivity contribution in [2.45, 2.75) is 32.8 Å². The van der Waals surface area contributed by atoms with E-state index in [1.165, 1.54) is 16.3 Å². The maximum absolute atomic E-state index is 10.1. The number of rotatable bonds is 4. The van der Waals surface area contributed by atoms with Gasteiger partial charge in [0, 0.05) is 0 Å². The average molecular weight is 228 g/mol. The number of hydrogen-bond donors (Lipinski definition) is 1. The lowest BCUT2D eigenvalue weighted by atomic mass is 9.93. The fourth-order valence-electron chi connectivity index (χ4n) is 2.17. The summed E-state index contributed by atoms with van der Waals surface area (Å²) in [4.78, 5) is 0. The Morgan fingerprint density at radius 2 is 1.76 bits per heavy atom. The molecule has 0 saturated carbocycles. The molecule has 0 spiro atoms. The second-order valence-corrected chi connectivity index (χ2v) is 4.80. The van der Waals surface area contributed by atoms with Crippen LogP contribution in [0.3, 0.4) is 0 Å². The molecule has 0 aliphatic heterocycles. The van der Waals surface area contributed by atoms with Gasteiger partial charge in [0.05, 0.1) is 6.10 Å². The van der Waals surface area contributed by atoms with Crippen LogP contribution in [0.15, 0.2) is 42.5 Å². The van der Waals surface area contributed by atoms with Crippen LogP contribution in [0.25, 0.3) is 10.8 Å². The lowest BCUT2D eigenvalue weighted by Gasteiger charge is -2.18. The van der Waals surface area contributed by atoms with Crippen LogP contribution in [0, 0.1) is 5.92 Å². The van der Waals surface area contributed by atoms with Gasteiger partial charge in [-0.1, -0.05) is 62.7 Å². The number of fused-ring (bicyclic) bond motifs is 1. The molecule has 0 fully saturated rings. The first-order valence-corrected chi connectivity index (χ1v) is 6.37. The third-order valence-electron chi connectivity index (χ3n) is 3.61. The van der Waals surface area contributed by atoms with Gasteiger partial charge >= 0.3 is 0 Å². The van der Waals surface area contributed by atoms with Crippen molar-refractivity contribution < 1.29 is 5.11 Å². The Bertz CT molecular complexity index is 484. The predicted octanol–water partition coefficient (Wildman–Crippen LogP) is 3.79. The highest BCUT2D eigenvalue weighted by atomic mass is 16.3. The summed E-state index contributed by atoms with van der Waals surface area (Å²) in [5, 5.41) is 12.6. The van der Waals surface area contributed by atoms with Gasteiger partial charge in [-0.05, 0) is 28.7 Å². The summed E-state index contributed by atoms with van der Waals surface area (Å²) in [6, 6.07) is 14.7. The zero-order valence-corrected chi connectivity index (χ0v) is 10.6. The van der Waals surface area contributed by atoms with Crippen molar-refractivity contribution in [3.05, 3.63) is 48.0 Å². The molecule has 1 heteroatoms. The minimum atomic E-state index is -0.245. The standard InChI is InChI=1S/C16H20O/c1-3-12(2)16(17)11-14-9-6-8-13-7-4-5-10-15(13)14/h4-10,12,16-17H,3,11H2,1-2H3. The SMILES string of the molecule is CCC(C)C(O)Cc1cccc2ccccc12. The van der Waals surface area contributed by atoms with E-state index in [0.29, 0.717) is 5.92 Å². The zero-order valence-electron chi connectivity index (χ0n) is 10.6. The lowest BCUT2D eigenvalue weighted by Crippen LogP contribution is -2.19. The summed E-state index contributed by atoms with van der Waals surface area (Å²) in [6.45, 7) is 4.23. The third-order valence-corrected chi connectivity index (χ3v) is 3.61.